The van der Waals surface area contributed by atoms with Gasteiger partial charge in [0.15, 0.2) is 0 Å². The SMILES string of the molecule is COc1ccc(-c2cnc(N(C)C)nc2C2CN(C(=O)c3snnc3C)CCO2)cc1. The molecule has 0 aliphatic carbocycles. The van der Waals surface area contributed by atoms with Gasteiger partial charge in [0, 0.05) is 32.4 Å². The minimum atomic E-state index is -0.377. The fraction of sp³-hybridized carbons (Fsp3) is 0.381. The second-order valence-corrected chi connectivity index (χ2v) is 8.14. The first-order chi connectivity index (χ1) is 15.0. The third-order valence-corrected chi connectivity index (χ3v) is 5.93. The fourth-order valence-corrected chi connectivity index (χ4v) is 4.03. The smallest absolute Gasteiger partial charge is 0.267 e. The highest BCUT2D eigenvalue weighted by Crippen LogP contribution is 2.33. The largest absolute Gasteiger partial charge is 0.497 e. The molecule has 4 rings (SSSR count). The van der Waals surface area contributed by atoms with E-state index in [1.54, 1.807) is 25.1 Å². The van der Waals surface area contributed by atoms with E-state index in [9.17, 15) is 4.79 Å². The lowest BCUT2D eigenvalue weighted by molar-refractivity contribution is -0.0243. The van der Waals surface area contributed by atoms with Gasteiger partial charge in [0.1, 0.15) is 16.7 Å². The lowest BCUT2D eigenvalue weighted by Crippen LogP contribution is -2.42. The number of aromatic nitrogens is 4. The first-order valence-corrected chi connectivity index (χ1v) is 10.6. The molecule has 31 heavy (non-hydrogen) atoms. The van der Waals surface area contributed by atoms with E-state index >= 15 is 0 Å². The van der Waals surface area contributed by atoms with Gasteiger partial charge in [0.05, 0.1) is 31.6 Å². The molecule has 0 radical (unpaired) electrons. The first-order valence-electron chi connectivity index (χ1n) is 9.86. The molecule has 2 aromatic heterocycles. The van der Waals surface area contributed by atoms with E-state index in [0.29, 0.717) is 36.2 Å². The highest BCUT2D eigenvalue weighted by molar-refractivity contribution is 7.07. The number of benzene rings is 1. The third-order valence-electron chi connectivity index (χ3n) is 5.11. The molecule has 0 saturated carbocycles. The second kappa shape index (κ2) is 8.94. The number of hydrogen-bond acceptors (Lipinski definition) is 9. The standard InChI is InChI=1S/C21H24N6O3S/c1-13-19(31-25-24-13)20(28)27-9-10-30-17(12-27)18-16(11-22-21(23-18)26(2)3)14-5-7-15(29-4)8-6-14/h5-8,11,17H,9-10,12H2,1-4H3. The highest BCUT2D eigenvalue weighted by Gasteiger charge is 2.31. The van der Waals surface area contributed by atoms with Crippen LogP contribution in [0.5, 0.6) is 5.75 Å². The van der Waals surface area contributed by atoms with Crippen molar-refractivity contribution >= 4 is 23.4 Å². The quantitative estimate of drug-likeness (QED) is 0.598. The van der Waals surface area contributed by atoms with E-state index < -0.39 is 0 Å². The zero-order valence-electron chi connectivity index (χ0n) is 17.9. The van der Waals surface area contributed by atoms with Crippen molar-refractivity contribution in [2.75, 3.05) is 45.8 Å². The van der Waals surface area contributed by atoms with Gasteiger partial charge in [-0.15, -0.1) is 5.10 Å². The van der Waals surface area contributed by atoms with Gasteiger partial charge in [-0.1, -0.05) is 16.6 Å². The Bertz CT molecular complexity index is 1070. The van der Waals surface area contributed by atoms with Crippen molar-refractivity contribution in [1.82, 2.24) is 24.5 Å². The summed E-state index contributed by atoms with van der Waals surface area (Å²) in [6.07, 6.45) is 1.43. The summed E-state index contributed by atoms with van der Waals surface area (Å²) in [5.41, 5.74) is 3.22. The molecule has 0 spiro atoms. The van der Waals surface area contributed by atoms with Gasteiger partial charge < -0.3 is 19.3 Å². The number of morpholine rings is 1. The number of aryl methyl sites for hydroxylation is 1. The van der Waals surface area contributed by atoms with Gasteiger partial charge in [-0.25, -0.2) is 9.97 Å². The average molecular weight is 441 g/mol. The van der Waals surface area contributed by atoms with Crippen molar-refractivity contribution in [2.45, 2.75) is 13.0 Å². The number of rotatable bonds is 5. The third kappa shape index (κ3) is 4.35. The summed E-state index contributed by atoms with van der Waals surface area (Å²) in [5, 5.41) is 3.96. The summed E-state index contributed by atoms with van der Waals surface area (Å²) in [7, 11) is 5.42. The summed E-state index contributed by atoms with van der Waals surface area (Å²) < 4.78 is 15.2. The van der Waals surface area contributed by atoms with Gasteiger partial charge in [0.25, 0.3) is 5.91 Å². The van der Waals surface area contributed by atoms with E-state index in [-0.39, 0.29) is 12.0 Å². The van der Waals surface area contributed by atoms with E-state index in [4.69, 9.17) is 14.5 Å². The molecule has 0 N–H and O–H groups in total. The monoisotopic (exact) mass is 440 g/mol. The molecular formula is C21H24N6O3S. The molecule has 3 aromatic rings. The maximum Gasteiger partial charge on any atom is 0.267 e. The van der Waals surface area contributed by atoms with Gasteiger partial charge in [-0.2, -0.15) is 0 Å². The Labute approximate surface area is 184 Å². The number of carbonyl (C=O) groups is 1. The van der Waals surface area contributed by atoms with Crippen molar-refractivity contribution in [3.63, 3.8) is 0 Å². The molecule has 1 amide bonds. The Morgan fingerprint density at radius 3 is 2.71 bits per heavy atom. The molecule has 1 saturated heterocycles. The minimum absolute atomic E-state index is 0.0753. The van der Waals surface area contributed by atoms with Crippen LogP contribution in [0.4, 0.5) is 5.95 Å². The van der Waals surface area contributed by atoms with Crippen LogP contribution in [0.2, 0.25) is 0 Å². The molecule has 3 heterocycles. The van der Waals surface area contributed by atoms with Gasteiger partial charge >= 0.3 is 0 Å². The first kappa shape index (κ1) is 21.1. The Morgan fingerprint density at radius 1 is 1.29 bits per heavy atom. The second-order valence-electron chi connectivity index (χ2n) is 7.39. The number of methoxy groups -OCH3 is 1. The molecule has 1 unspecified atom stereocenters. The molecule has 162 valence electrons. The maximum atomic E-state index is 13.0. The van der Waals surface area contributed by atoms with Crippen LogP contribution in [0.25, 0.3) is 11.1 Å². The number of hydrogen-bond donors (Lipinski definition) is 0. The summed E-state index contributed by atoms with van der Waals surface area (Å²) in [4.78, 5) is 26.5. The van der Waals surface area contributed by atoms with Crippen LogP contribution in [0, 0.1) is 6.92 Å². The Hall–Kier alpha value is -3.11. The molecule has 1 aliphatic heterocycles. The summed E-state index contributed by atoms with van der Waals surface area (Å²) in [5.74, 6) is 1.28. The summed E-state index contributed by atoms with van der Waals surface area (Å²) in [6.45, 7) is 3.12. The Morgan fingerprint density at radius 2 is 2.06 bits per heavy atom. The number of nitrogens with zero attached hydrogens (tertiary/aromatic N) is 6. The minimum Gasteiger partial charge on any atom is -0.497 e. The average Bonchev–Trinajstić information content (AvgIpc) is 3.24. The molecule has 0 bridgehead atoms. The van der Waals surface area contributed by atoms with Crippen molar-refractivity contribution in [3.05, 3.63) is 46.7 Å². The van der Waals surface area contributed by atoms with Crippen LogP contribution in [0.1, 0.15) is 27.2 Å². The predicted molar refractivity (Wildman–Crippen MR) is 118 cm³/mol. The topological polar surface area (TPSA) is 93.6 Å². The van der Waals surface area contributed by atoms with Crippen LogP contribution in [0.3, 0.4) is 0 Å². The predicted octanol–water partition coefficient (Wildman–Crippen LogP) is 2.59. The molecule has 1 aromatic carbocycles. The molecule has 1 atom stereocenters. The maximum absolute atomic E-state index is 13.0. The normalized spacial score (nSPS) is 16.3. The Kier molecular flexibility index (Phi) is 6.10. The van der Waals surface area contributed by atoms with Crippen LogP contribution < -0.4 is 9.64 Å². The van der Waals surface area contributed by atoms with E-state index in [1.807, 2.05) is 43.3 Å². The number of carbonyl (C=O) groups excluding carboxylic acids is 1. The van der Waals surface area contributed by atoms with Gasteiger partial charge in [-0.05, 0) is 36.2 Å². The van der Waals surface area contributed by atoms with Crippen molar-refractivity contribution < 1.29 is 14.3 Å². The van der Waals surface area contributed by atoms with Crippen LogP contribution in [0.15, 0.2) is 30.5 Å². The summed E-state index contributed by atoms with van der Waals surface area (Å²) >= 11 is 1.12. The van der Waals surface area contributed by atoms with Crippen molar-refractivity contribution in [1.29, 1.82) is 0 Å². The van der Waals surface area contributed by atoms with Gasteiger partial charge in [-0.3, -0.25) is 4.79 Å². The molecular weight excluding hydrogens is 416 g/mol. The zero-order chi connectivity index (χ0) is 22.0. The number of amides is 1. The lowest BCUT2D eigenvalue weighted by atomic mass is 10.0. The van der Waals surface area contributed by atoms with Crippen LogP contribution >= 0.6 is 11.5 Å². The molecule has 1 fully saturated rings. The van der Waals surface area contributed by atoms with Gasteiger partial charge in [0.2, 0.25) is 5.95 Å². The van der Waals surface area contributed by atoms with E-state index in [0.717, 1.165) is 34.1 Å². The summed E-state index contributed by atoms with van der Waals surface area (Å²) in [6, 6.07) is 7.73. The van der Waals surface area contributed by atoms with E-state index in [1.165, 1.54) is 0 Å². The van der Waals surface area contributed by atoms with Crippen LogP contribution in [-0.2, 0) is 4.74 Å². The van der Waals surface area contributed by atoms with E-state index in [2.05, 4.69) is 14.6 Å². The highest BCUT2D eigenvalue weighted by atomic mass is 32.1. The Balaban J connectivity index is 1.68. The molecule has 1 aliphatic rings. The molecule has 10 heteroatoms. The molecule has 9 nitrogen and oxygen atoms in total. The van der Waals surface area contributed by atoms with Crippen molar-refractivity contribution in [2.24, 2.45) is 0 Å². The lowest BCUT2D eigenvalue weighted by Gasteiger charge is -2.33. The zero-order valence-corrected chi connectivity index (χ0v) is 18.7. The van der Waals surface area contributed by atoms with Crippen molar-refractivity contribution in [3.8, 4) is 16.9 Å². The number of ether oxygens (including phenoxy) is 2. The number of anilines is 1. The van der Waals surface area contributed by atoms with Crippen LogP contribution in [-0.4, -0.2) is 71.3 Å². The fourth-order valence-electron chi connectivity index (χ4n) is 3.41.